The summed E-state index contributed by atoms with van der Waals surface area (Å²) >= 11 is 0. The third-order valence-electron chi connectivity index (χ3n) is 11.8. The van der Waals surface area contributed by atoms with E-state index in [2.05, 4.69) is 13.8 Å². The van der Waals surface area contributed by atoms with Gasteiger partial charge in [-0.05, 0) is 25.7 Å². The zero-order valence-electron chi connectivity index (χ0n) is 39.7. The predicted octanol–water partition coefficient (Wildman–Crippen LogP) is 9.07. The van der Waals surface area contributed by atoms with Gasteiger partial charge >= 0.3 is 11.9 Å². The Kier molecular flexibility index (Phi) is 33.4. The van der Waals surface area contributed by atoms with Gasteiger partial charge in [-0.1, -0.05) is 148 Å². The Labute approximate surface area is 376 Å². The number of esters is 2. The summed E-state index contributed by atoms with van der Waals surface area (Å²) < 4.78 is 33.8. The van der Waals surface area contributed by atoms with Crippen LogP contribution in [0, 0.1) is 11.8 Å². The zero-order chi connectivity index (χ0) is 46.1. The molecule has 14 heteroatoms. The number of ether oxygens (including phenoxy) is 2. The molecule has 0 aromatic carbocycles. The maximum Gasteiger partial charge on any atom is 0.306 e. The van der Waals surface area contributed by atoms with Crippen LogP contribution in [-0.4, -0.2) is 109 Å². The van der Waals surface area contributed by atoms with Crippen LogP contribution in [0.4, 0.5) is 0 Å². The lowest BCUT2D eigenvalue weighted by atomic mass is 9.87. The summed E-state index contributed by atoms with van der Waals surface area (Å²) in [7, 11) is 0.946. The highest BCUT2D eigenvalue weighted by atomic mass is 31.2. The Balaban J connectivity index is 2.46. The lowest BCUT2D eigenvalue weighted by Crippen LogP contribution is -2.37. The minimum Gasteiger partial charge on any atom is -0.756 e. The van der Waals surface area contributed by atoms with E-state index in [9.17, 15) is 39.2 Å². The van der Waals surface area contributed by atoms with Crippen molar-refractivity contribution in [3.63, 3.8) is 0 Å². The van der Waals surface area contributed by atoms with E-state index in [1.165, 1.54) is 83.5 Å². The number of phosphoric acid groups is 1. The van der Waals surface area contributed by atoms with E-state index in [1.807, 2.05) is 21.1 Å². The molecule has 7 atom stereocenters. The van der Waals surface area contributed by atoms with Crippen molar-refractivity contribution in [1.29, 1.82) is 0 Å². The molecule has 0 heterocycles. The van der Waals surface area contributed by atoms with Crippen molar-refractivity contribution in [3.05, 3.63) is 12.2 Å². The summed E-state index contributed by atoms with van der Waals surface area (Å²) in [6, 6.07) is 0. The molecule has 364 valence electrons. The Bertz CT molecular complexity index is 1240. The number of unbranched alkanes of at least 4 members (excludes halogenated alkanes) is 19. The van der Waals surface area contributed by atoms with Crippen LogP contribution in [0.15, 0.2) is 12.2 Å². The second-order valence-corrected chi connectivity index (χ2v) is 20.2. The molecule has 0 aromatic heterocycles. The first-order valence-electron chi connectivity index (χ1n) is 24.6. The van der Waals surface area contributed by atoms with Gasteiger partial charge in [0.05, 0.1) is 46.1 Å². The molecule has 1 fully saturated rings. The number of aliphatic hydroxyl groups excluding tert-OH is 3. The molecule has 0 bridgehead atoms. The van der Waals surface area contributed by atoms with Gasteiger partial charge in [0.1, 0.15) is 25.5 Å². The molecule has 0 spiro atoms. The van der Waals surface area contributed by atoms with E-state index in [1.54, 1.807) is 12.2 Å². The van der Waals surface area contributed by atoms with Gasteiger partial charge in [0.2, 0.25) is 0 Å². The lowest BCUT2D eigenvalue weighted by Gasteiger charge is -2.28. The molecular weight excluding hydrogens is 813 g/mol. The van der Waals surface area contributed by atoms with Crippen LogP contribution in [-0.2, 0) is 37.5 Å². The molecule has 1 aliphatic carbocycles. The fraction of sp³-hybridized carbons (Fsp3) is 0.896. The van der Waals surface area contributed by atoms with Gasteiger partial charge < -0.3 is 43.2 Å². The highest BCUT2D eigenvalue weighted by molar-refractivity contribution is 7.45. The molecule has 0 saturated heterocycles. The number of carbonyl (C=O) groups is 3. The molecular formula is C48H90NO12P. The Morgan fingerprint density at radius 2 is 1.19 bits per heavy atom. The molecule has 0 aromatic rings. The highest BCUT2D eigenvalue weighted by Gasteiger charge is 2.41. The van der Waals surface area contributed by atoms with Crippen LogP contribution in [0.3, 0.4) is 0 Å². The van der Waals surface area contributed by atoms with Gasteiger partial charge in [0.25, 0.3) is 7.82 Å². The number of hydrogen-bond acceptors (Lipinski definition) is 12. The molecule has 0 aliphatic heterocycles. The fourth-order valence-corrected chi connectivity index (χ4v) is 8.56. The number of ketones is 1. The number of carbonyl (C=O) groups excluding carboxylic acids is 3. The maximum atomic E-state index is 12.9. The molecule has 1 saturated carbocycles. The quantitative estimate of drug-likeness (QED) is 0.0174. The highest BCUT2D eigenvalue weighted by Crippen LogP contribution is 2.39. The van der Waals surface area contributed by atoms with Gasteiger partial charge in [0, 0.05) is 43.9 Å². The van der Waals surface area contributed by atoms with Crippen molar-refractivity contribution in [2.24, 2.45) is 11.8 Å². The Hall–Kier alpha value is -1.70. The average Bonchev–Trinajstić information content (AvgIpc) is 3.47. The van der Waals surface area contributed by atoms with E-state index >= 15 is 0 Å². The van der Waals surface area contributed by atoms with Crippen LogP contribution in [0.5, 0.6) is 0 Å². The second-order valence-electron chi connectivity index (χ2n) is 18.8. The van der Waals surface area contributed by atoms with Crippen LogP contribution in [0.25, 0.3) is 0 Å². The third kappa shape index (κ3) is 32.0. The van der Waals surface area contributed by atoms with E-state index in [0.29, 0.717) is 36.7 Å². The van der Waals surface area contributed by atoms with Crippen LogP contribution in [0.2, 0.25) is 0 Å². The first-order valence-corrected chi connectivity index (χ1v) is 26.0. The summed E-state index contributed by atoms with van der Waals surface area (Å²) in [5.74, 6) is -2.13. The number of Topliss-reactive ketones (excluding diaryl/α,β-unsaturated/α-hetero) is 1. The summed E-state index contributed by atoms with van der Waals surface area (Å²) in [6.07, 6.45) is 25.8. The maximum absolute atomic E-state index is 12.9. The average molecular weight is 904 g/mol. The number of quaternary nitrogens is 1. The number of nitrogens with zero attached hydrogens (tertiary/aromatic N) is 1. The fourth-order valence-electron chi connectivity index (χ4n) is 7.83. The monoisotopic (exact) mass is 904 g/mol. The molecule has 1 aliphatic rings. The largest absolute Gasteiger partial charge is 0.756 e. The molecule has 13 nitrogen and oxygen atoms in total. The van der Waals surface area contributed by atoms with Crippen LogP contribution < -0.4 is 4.89 Å². The molecule has 3 N–H and O–H groups in total. The lowest BCUT2D eigenvalue weighted by molar-refractivity contribution is -0.870. The number of likely N-dealkylation sites (N-methyl/N-ethyl adjacent to an activating group) is 1. The van der Waals surface area contributed by atoms with E-state index in [4.69, 9.17) is 18.5 Å². The van der Waals surface area contributed by atoms with E-state index in [0.717, 1.165) is 38.5 Å². The topological polar surface area (TPSA) is 189 Å². The minimum absolute atomic E-state index is 0.0575. The number of rotatable bonds is 41. The van der Waals surface area contributed by atoms with E-state index < -0.39 is 62.6 Å². The van der Waals surface area contributed by atoms with E-state index in [-0.39, 0.29) is 51.1 Å². The molecule has 1 unspecified atom stereocenters. The predicted molar refractivity (Wildman–Crippen MR) is 243 cm³/mol. The number of phosphoric ester groups is 1. The third-order valence-corrected chi connectivity index (χ3v) is 12.7. The van der Waals surface area contributed by atoms with Crippen molar-refractivity contribution in [1.82, 2.24) is 0 Å². The normalized spacial score (nSPS) is 20.0. The molecule has 0 amide bonds. The minimum atomic E-state index is -4.73. The van der Waals surface area contributed by atoms with Crippen LogP contribution in [0.1, 0.15) is 194 Å². The van der Waals surface area contributed by atoms with Gasteiger partial charge in [-0.3, -0.25) is 18.9 Å². The van der Waals surface area contributed by atoms with Gasteiger partial charge in [-0.25, -0.2) is 0 Å². The van der Waals surface area contributed by atoms with Crippen molar-refractivity contribution < 1.29 is 62.2 Å². The second kappa shape index (κ2) is 35.5. The number of aliphatic hydroxyl groups is 3. The van der Waals surface area contributed by atoms with Gasteiger partial charge in [0.15, 0.2) is 6.10 Å². The van der Waals surface area contributed by atoms with Gasteiger partial charge in [-0.15, -0.1) is 0 Å². The molecule has 62 heavy (non-hydrogen) atoms. The molecule has 1 rings (SSSR count). The standard InChI is InChI=1S/C48H90NO12P/c1-6-8-10-11-12-13-14-15-16-17-18-19-20-21-22-23-25-30-47(54)58-38-42(39-60-62(56,57)59-35-34-49(3,4)5)61-48(55)31-27-26-29-41(51)36-44-43(45(52)37-46(44)53)33-32-40(50)28-24-9-7-2/h32-33,40,42-46,50,52-53H,6-31,34-39H2,1-5H3/b33-32+/t40-,42+,43+,44+,45+,46-/m0/s1. The Morgan fingerprint density at radius 1 is 0.694 bits per heavy atom. The molecule has 0 radical (unpaired) electrons. The van der Waals surface area contributed by atoms with Crippen molar-refractivity contribution in [2.75, 3.05) is 47.5 Å². The first-order chi connectivity index (χ1) is 29.6. The van der Waals surface area contributed by atoms with Crippen molar-refractivity contribution in [2.45, 2.75) is 218 Å². The smallest absolute Gasteiger partial charge is 0.306 e. The summed E-state index contributed by atoms with van der Waals surface area (Å²) in [5.41, 5.74) is 0. The van der Waals surface area contributed by atoms with Gasteiger partial charge in [-0.2, -0.15) is 0 Å². The zero-order valence-corrected chi connectivity index (χ0v) is 40.6. The Morgan fingerprint density at radius 3 is 1.76 bits per heavy atom. The van der Waals surface area contributed by atoms with Crippen molar-refractivity contribution in [3.8, 4) is 0 Å². The summed E-state index contributed by atoms with van der Waals surface area (Å²) in [6.45, 7) is 3.71. The first kappa shape index (κ1) is 58.3. The summed E-state index contributed by atoms with van der Waals surface area (Å²) in [5, 5.41) is 31.4. The number of hydrogen-bond donors (Lipinski definition) is 3. The SMILES string of the molecule is CCCCCCCCCCCCCCCCCCCC(=O)OC[C@H](COP(=O)([O-])OCC[N+](C)(C)C)OC(=O)CCCCC(=O)C[C@@H]1[C@@H](/C=C/[C@@H](O)CCCCC)[C@H](O)C[C@@H]1O. The summed E-state index contributed by atoms with van der Waals surface area (Å²) in [4.78, 5) is 50.8. The van der Waals surface area contributed by atoms with Crippen molar-refractivity contribution >= 4 is 25.5 Å². The van der Waals surface area contributed by atoms with Crippen LogP contribution >= 0.6 is 7.82 Å².